The van der Waals surface area contributed by atoms with Gasteiger partial charge in [0.05, 0.1) is 5.69 Å². The maximum absolute atomic E-state index is 12.0. The molecule has 102 valence electrons. The number of hydrogen-bond donors (Lipinski definition) is 1. The molecule has 2 aromatic rings. The predicted molar refractivity (Wildman–Crippen MR) is 74.8 cm³/mol. The number of nitrogen functional groups attached to an aromatic ring is 1. The van der Waals surface area contributed by atoms with Crippen molar-refractivity contribution in [2.75, 3.05) is 19.8 Å². The van der Waals surface area contributed by atoms with Crippen LogP contribution in [0.15, 0.2) is 30.3 Å². The van der Waals surface area contributed by atoms with Crippen molar-refractivity contribution in [3.63, 3.8) is 0 Å². The highest BCUT2D eigenvalue weighted by molar-refractivity contribution is 7.87. The lowest BCUT2D eigenvalue weighted by atomic mass is 10.1. The van der Waals surface area contributed by atoms with Gasteiger partial charge < -0.3 is 5.73 Å². The molecule has 0 aliphatic rings. The summed E-state index contributed by atoms with van der Waals surface area (Å²) in [5.41, 5.74) is 8.20. The highest BCUT2D eigenvalue weighted by Gasteiger charge is 2.21. The Morgan fingerprint density at radius 3 is 2.32 bits per heavy atom. The fraction of sp³-hybridized carbons (Fsp3) is 0.250. The van der Waals surface area contributed by atoms with E-state index in [9.17, 15) is 8.42 Å². The number of nitrogens with zero attached hydrogens (tertiary/aromatic N) is 3. The van der Waals surface area contributed by atoms with E-state index in [2.05, 4.69) is 5.10 Å². The van der Waals surface area contributed by atoms with Crippen molar-refractivity contribution in [3.05, 3.63) is 35.9 Å². The first kappa shape index (κ1) is 13.6. The Morgan fingerprint density at radius 1 is 1.21 bits per heavy atom. The molecule has 0 spiro atoms. The maximum Gasteiger partial charge on any atom is 0.324 e. The van der Waals surface area contributed by atoms with Crippen LogP contribution in [-0.2, 0) is 10.2 Å². The third-order valence-electron chi connectivity index (χ3n) is 2.73. The summed E-state index contributed by atoms with van der Waals surface area (Å²) in [7, 11) is -0.824. The molecule has 0 saturated heterocycles. The third-order valence-corrected chi connectivity index (χ3v) is 4.38. The zero-order chi connectivity index (χ0) is 14.2. The second-order valence-electron chi connectivity index (χ2n) is 4.45. The topological polar surface area (TPSA) is 81.2 Å². The minimum atomic E-state index is -3.69. The highest BCUT2D eigenvalue weighted by Crippen LogP contribution is 2.22. The van der Waals surface area contributed by atoms with E-state index in [0.29, 0.717) is 5.69 Å². The third kappa shape index (κ3) is 2.47. The van der Waals surface area contributed by atoms with Crippen LogP contribution >= 0.6 is 0 Å². The van der Waals surface area contributed by atoms with Gasteiger partial charge in [0, 0.05) is 25.7 Å². The van der Waals surface area contributed by atoms with Crippen molar-refractivity contribution >= 4 is 16.0 Å². The van der Waals surface area contributed by atoms with Gasteiger partial charge in [0.2, 0.25) is 0 Å². The Hall–Kier alpha value is -1.86. The molecule has 6 nitrogen and oxygen atoms in total. The lowest BCUT2D eigenvalue weighted by Crippen LogP contribution is -2.30. The largest absolute Gasteiger partial charge is 0.383 e. The van der Waals surface area contributed by atoms with Gasteiger partial charge >= 0.3 is 10.2 Å². The van der Waals surface area contributed by atoms with Gasteiger partial charge in [0.1, 0.15) is 5.82 Å². The summed E-state index contributed by atoms with van der Waals surface area (Å²) in [5, 5.41) is 4.06. The van der Waals surface area contributed by atoms with Crippen molar-refractivity contribution in [1.29, 1.82) is 0 Å². The molecule has 0 bridgehead atoms. The summed E-state index contributed by atoms with van der Waals surface area (Å²) in [5.74, 6) is 0.0873. The van der Waals surface area contributed by atoms with Crippen LogP contribution in [0.25, 0.3) is 11.3 Å². The van der Waals surface area contributed by atoms with E-state index in [4.69, 9.17) is 5.73 Å². The fourth-order valence-electron chi connectivity index (χ4n) is 1.58. The smallest absolute Gasteiger partial charge is 0.324 e. The molecule has 0 aliphatic heterocycles. The van der Waals surface area contributed by atoms with E-state index >= 15 is 0 Å². The Kier molecular flexibility index (Phi) is 3.34. The fourth-order valence-corrected chi connectivity index (χ4v) is 2.40. The van der Waals surface area contributed by atoms with Crippen LogP contribution < -0.4 is 5.73 Å². The molecule has 1 heterocycles. The summed E-state index contributed by atoms with van der Waals surface area (Å²) in [6, 6.07) is 9.18. The Morgan fingerprint density at radius 2 is 1.79 bits per heavy atom. The van der Waals surface area contributed by atoms with Crippen LogP contribution in [-0.4, -0.2) is 36.0 Å². The summed E-state index contributed by atoms with van der Waals surface area (Å²) < 4.78 is 25.9. The molecule has 0 atom stereocenters. The molecule has 0 aliphatic carbocycles. The van der Waals surface area contributed by atoms with Crippen molar-refractivity contribution < 1.29 is 8.42 Å². The molecule has 0 radical (unpaired) electrons. The highest BCUT2D eigenvalue weighted by atomic mass is 32.2. The summed E-state index contributed by atoms with van der Waals surface area (Å²) in [4.78, 5) is 0. The van der Waals surface area contributed by atoms with E-state index in [1.165, 1.54) is 14.1 Å². The average Bonchev–Trinajstić information content (AvgIpc) is 2.72. The van der Waals surface area contributed by atoms with Crippen molar-refractivity contribution in [3.8, 4) is 11.3 Å². The zero-order valence-corrected chi connectivity index (χ0v) is 11.8. The second kappa shape index (κ2) is 4.67. The first-order valence-electron chi connectivity index (χ1n) is 5.68. The molecule has 0 fully saturated rings. The van der Waals surface area contributed by atoms with Gasteiger partial charge in [-0.05, 0) is 6.92 Å². The van der Waals surface area contributed by atoms with Crippen LogP contribution in [0.5, 0.6) is 0 Å². The van der Waals surface area contributed by atoms with Crippen molar-refractivity contribution in [2.24, 2.45) is 0 Å². The number of aryl methyl sites for hydroxylation is 1. The lowest BCUT2D eigenvalue weighted by molar-refractivity contribution is 0.505. The number of aromatic nitrogens is 2. The number of hydrogen-bond acceptors (Lipinski definition) is 4. The van der Waals surface area contributed by atoms with Gasteiger partial charge in [0.15, 0.2) is 0 Å². The van der Waals surface area contributed by atoms with E-state index in [1.807, 2.05) is 31.2 Å². The first-order chi connectivity index (χ1) is 8.82. The van der Waals surface area contributed by atoms with Crippen molar-refractivity contribution in [1.82, 2.24) is 13.5 Å². The monoisotopic (exact) mass is 280 g/mol. The number of rotatable bonds is 3. The Labute approximate surface area is 112 Å². The second-order valence-corrected chi connectivity index (χ2v) is 6.43. The van der Waals surface area contributed by atoms with Crippen LogP contribution in [0.2, 0.25) is 0 Å². The van der Waals surface area contributed by atoms with E-state index in [1.54, 1.807) is 6.07 Å². The van der Waals surface area contributed by atoms with Crippen LogP contribution in [0, 0.1) is 6.92 Å². The van der Waals surface area contributed by atoms with Gasteiger partial charge in [0.25, 0.3) is 0 Å². The van der Waals surface area contributed by atoms with Gasteiger partial charge in [-0.3, -0.25) is 0 Å². The summed E-state index contributed by atoms with van der Waals surface area (Å²) >= 11 is 0. The van der Waals surface area contributed by atoms with Crippen LogP contribution in [0.4, 0.5) is 5.82 Å². The standard InChI is InChI=1S/C12H16N4O2S/c1-9-4-6-10(7-5-9)11-8-12(13)16(14-11)19(17,18)15(2)3/h4-8H,13H2,1-3H3. The van der Waals surface area contributed by atoms with E-state index < -0.39 is 10.2 Å². The normalized spacial score (nSPS) is 12.0. The van der Waals surface area contributed by atoms with Gasteiger partial charge in [-0.25, -0.2) is 0 Å². The van der Waals surface area contributed by atoms with Gasteiger partial charge in [-0.1, -0.05) is 29.8 Å². The minimum absolute atomic E-state index is 0.0873. The molecular weight excluding hydrogens is 264 g/mol. The number of benzene rings is 1. The van der Waals surface area contributed by atoms with Crippen LogP contribution in [0.1, 0.15) is 5.56 Å². The molecular formula is C12H16N4O2S. The van der Waals surface area contributed by atoms with E-state index in [-0.39, 0.29) is 5.82 Å². The molecule has 19 heavy (non-hydrogen) atoms. The lowest BCUT2D eigenvalue weighted by Gasteiger charge is -2.11. The SMILES string of the molecule is Cc1ccc(-c2cc(N)n(S(=O)(=O)N(C)C)n2)cc1. The minimum Gasteiger partial charge on any atom is -0.383 e. The average molecular weight is 280 g/mol. The van der Waals surface area contributed by atoms with Crippen LogP contribution in [0.3, 0.4) is 0 Å². The first-order valence-corrected chi connectivity index (χ1v) is 7.07. The van der Waals surface area contributed by atoms with E-state index in [0.717, 1.165) is 19.5 Å². The molecule has 0 unspecified atom stereocenters. The molecule has 1 aromatic carbocycles. The summed E-state index contributed by atoms with van der Waals surface area (Å²) in [6.07, 6.45) is 0. The van der Waals surface area contributed by atoms with Gasteiger partial charge in [-0.15, -0.1) is 4.09 Å². The number of anilines is 1. The quantitative estimate of drug-likeness (QED) is 0.912. The number of nitrogens with two attached hydrogens (primary N) is 1. The zero-order valence-electron chi connectivity index (χ0n) is 11.0. The molecule has 2 N–H and O–H groups in total. The predicted octanol–water partition coefficient (Wildman–Crippen LogP) is 1.10. The molecule has 0 saturated carbocycles. The van der Waals surface area contributed by atoms with Gasteiger partial charge in [-0.2, -0.15) is 17.8 Å². The Bertz CT molecular complexity index is 687. The summed E-state index contributed by atoms with van der Waals surface area (Å²) in [6.45, 7) is 1.98. The molecule has 0 amide bonds. The molecule has 1 aromatic heterocycles. The van der Waals surface area contributed by atoms with Crippen molar-refractivity contribution in [2.45, 2.75) is 6.92 Å². The Balaban J connectivity index is 2.50. The molecule has 2 rings (SSSR count). The molecule has 7 heteroatoms. The maximum atomic E-state index is 12.0.